The average molecular weight is 227 g/mol. The van der Waals surface area contributed by atoms with Crippen LogP contribution in [0.3, 0.4) is 0 Å². The van der Waals surface area contributed by atoms with Crippen LogP contribution in [0.25, 0.3) is 0 Å². The predicted molar refractivity (Wildman–Crippen MR) is 61.1 cm³/mol. The number of morpholine rings is 1. The first-order valence-corrected chi connectivity index (χ1v) is 6.27. The first kappa shape index (κ1) is 11.0. The minimum atomic E-state index is 0.881. The van der Waals surface area contributed by atoms with Gasteiger partial charge < -0.3 is 10.1 Å². The molecule has 5 heteroatoms. The van der Waals surface area contributed by atoms with Crippen LogP contribution in [-0.4, -0.2) is 49.3 Å². The summed E-state index contributed by atoms with van der Waals surface area (Å²) in [6.45, 7) is 6.91. The van der Waals surface area contributed by atoms with Crippen molar-refractivity contribution < 1.29 is 4.74 Å². The molecule has 0 unspecified atom stereocenters. The summed E-state index contributed by atoms with van der Waals surface area (Å²) in [6, 6.07) is 0. The summed E-state index contributed by atoms with van der Waals surface area (Å²) >= 11 is 1.65. The van der Waals surface area contributed by atoms with Crippen LogP contribution in [0.2, 0.25) is 0 Å². The van der Waals surface area contributed by atoms with Crippen LogP contribution in [0.4, 0.5) is 0 Å². The number of hydrogen-bond acceptors (Lipinski definition) is 5. The zero-order valence-electron chi connectivity index (χ0n) is 8.82. The molecule has 1 saturated heterocycles. The number of ether oxygens (including phenoxy) is 1. The molecule has 2 rings (SSSR count). The first-order chi connectivity index (χ1) is 7.45. The van der Waals surface area contributed by atoms with E-state index in [9.17, 15) is 0 Å². The molecule has 0 amide bonds. The van der Waals surface area contributed by atoms with E-state index in [1.165, 1.54) is 0 Å². The van der Waals surface area contributed by atoms with E-state index in [1.807, 2.05) is 5.51 Å². The molecule has 4 nitrogen and oxygen atoms in total. The lowest BCUT2D eigenvalue weighted by Gasteiger charge is -2.26. The summed E-state index contributed by atoms with van der Waals surface area (Å²) in [5.74, 6) is 0. The van der Waals surface area contributed by atoms with E-state index >= 15 is 0 Å². The van der Waals surface area contributed by atoms with E-state index < -0.39 is 0 Å². The second-order valence-corrected chi connectivity index (χ2v) is 4.33. The van der Waals surface area contributed by atoms with Crippen LogP contribution in [0.15, 0.2) is 10.9 Å². The van der Waals surface area contributed by atoms with E-state index in [2.05, 4.69) is 20.6 Å². The number of rotatable bonds is 5. The number of aromatic nitrogens is 1. The molecule has 1 aliphatic rings. The second kappa shape index (κ2) is 6.17. The van der Waals surface area contributed by atoms with Gasteiger partial charge >= 0.3 is 0 Å². The van der Waals surface area contributed by atoms with E-state index in [1.54, 1.807) is 11.3 Å². The number of nitrogens with one attached hydrogen (secondary N) is 1. The summed E-state index contributed by atoms with van der Waals surface area (Å²) in [5, 5.41) is 5.48. The predicted octanol–water partition coefficient (Wildman–Crippen LogP) is 0.565. The maximum atomic E-state index is 5.29. The van der Waals surface area contributed by atoms with Gasteiger partial charge in [-0.15, -0.1) is 11.3 Å². The first-order valence-electron chi connectivity index (χ1n) is 5.33. The lowest BCUT2D eigenvalue weighted by molar-refractivity contribution is 0.0384. The molecule has 1 fully saturated rings. The van der Waals surface area contributed by atoms with Crippen molar-refractivity contribution in [1.82, 2.24) is 15.2 Å². The molecule has 1 N–H and O–H groups in total. The van der Waals surface area contributed by atoms with Gasteiger partial charge in [0, 0.05) is 38.1 Å². The van der Waals surface area contributed by atoms with Gasteiger partial charge in [-0.05, 0) is 0 Å². The zero-order chi connectivity index (χ0) is 10.3. The van der Waals surface area contributed by atoms with Gasteiger partial charge in [0.05, 0.1) is 24.4 Å². The molecule has 0 aromatic carbocycles. The fraction of sp³-hybridized carbons (Fsp3) is 0.700. The Morgan fingerprint density at radius 3 is 3.07 bits per heavy atom. The Morgan fingerprint density at radius 1 is 1.47 bits per heavy atom. The van der Waals surface area contributed by atoms with Crippen LogP contribution in [0.5, 0.6) is 0 Å². The number of thiazole rings is 1. The Morgan fingerprint density at radius 2 is 2.33 bits per heavy atom. The van der Waals surface area contributed by atoms with Crippen molar-refractivity contribution in [2.45, 2.75) is 6.54 Å². The maximum Gasteiger partial charge on any atom is 0.0795 e. The number of hydrogen-bond donors (Lipinski definition) is 1. The monoisotopic (exact) mass is 227 g/mol. The van der Waals surface area contributed by atoms with E-state index in [0.717, 1.165) is 51.6 Å². The van der Waals surface area contributed by atoms with Crippen LogP contribution in [-0.2, 0) is 11.3 Å². The van der Waals surface area contributed by atoms with Crippen molar-refractivity contribution >= 4 is 11.3 Å². The molecular weight excluding hydrogens is 210 g/mol. The molecule has 0 saturated carbocycles. The lowest BCUT2D eigenvalue weighted by Crippen LogP contribution is -2.40. The van der Waals surface area contributed by atoms with Crippen molar-refractivity contribution in [3.8, 4) is 0 Å². The van der Waals surface area contributed by atoms with Gasteiger partial charge in [0.2, 0.25) is 0 Å². The summed E-state index contributed by atoms with van der Waals surface area (Å²) < 4.78 is 5.29. The van der Waals surface area contributed by atoms with Crippen LogP contribution < -0.4 is 5.32 Å². The van der Waals surface area contributed by atoms with Gasteiger partial charge in [-0.25, -0.2) is 4.98 Å². The van der Waals surface area contributed by atoms with Crippen molar-refractivity contribution in [2.24, 2.45) is 0 Å². The topological polar surface area (TPSA) is 37.4 Å². The highest BCUT2D eigenvalue weighted by molar-refractivity contribution is 7.07. The molecule has 2 heterocycles. The lowest BCUT2D eigenvalue weighted by atomic mass is 10.4. The second-order valence-electron chi connectivity index (χ2n) is 3.61. The highest BCUT2D eigenvalue weighted by atomic mass is 32.1. The molecule has 1 aliphatic heterocycles. The third-order valence-corrected chi connectivity index (χ3v) is 3.13. The molecule has 15 heavy (non-hydrogen) atoms. The molecule has 1 aromatic heterocycles. The normalized spacial score (nSPS) is 18.1. The highest BCUT2D eigenvalue weighted by Gasteiger charge is 2.08. The van der Waals surface area contributed by atoms with Crippen LogP contribution in [0.1, 0.15) is 5.69 Å². The summed E-state index contributed by atoms with van der Waals surface area (Å²) in [7, 11) is 0. The van der Waals surface area contributed by atoms with Crippen molar-refractivity contribution in [3.63, 3.8) is 0 Å². The number of nitrogens with zero attached hydrogens (tertiary/aromatic N) is 2. The van der Waals surface area contributed by atoms with E-state index in [-0.39, 0.29) is 0 Å². The van der Waals surface area contributed by atoms with Crippen LogP contribution in [0, 0.1) is 0 Å². The SMILES string of the molecule is c1nc(CNCCN2CCOCC2)cs1. The molecule has 84 valence electrons. The van der Waals surface area contributed by atoms with Gasteiger partial charge in [-0.1, -0.05) is 0 Å². The van der Waals surface area contributed by atoms with E-state index in [4.69, 9.17) is 4.74 Å². The Balaban J connectivity index is 1.54. The molecule has 1 aromatic rings. The molecular formula is C10H17N3OS. The third-order valence-electron chi connectivity index (χ3n) is 2.50. The van der Waals surface area contributed by atoms with Crippen LogP contribution >= 0.6 is 11.3 Å². The van der Waals surface area contributed by atoms with Gasteiger partial charge in [-0.3, -0.25) is 4.90 Å². The highest BCUT2D eigenvalue weighted by Crippen LogP contribution is 1.99. The maximum absolute atomic E-state index is 5.29. The molecule has 0 radical (unpaired) electrons. The largest absolute Gasteiger partial charge is 0.379 e. The molecule has 0 aliphatic carbocycles. The minimum absolute atomic E-state index is 0.881. The molecule has 0 spiro atoms. The quantitative estimate of drug-likeness (QED) is 0.746. The van der Waals surface area contributed by atoms with Crippen molar-refractivity contribution in [3.05, 3.63) is 16.6 Å². The molecule has 0 atom stereocenters. The summed E-state index contributed by atoms with van der Waals surface area (Å²) in [5.41, 5.74) is 3.01. The van der Waals surface area contributed by atoms with Gasteiger partial charge in [-0.2, -0.15) is 0 Å². The standard InChI is InChI=1S/C10H17N3OS/c1(2-13-3-5-14-6-4-13)11-7-10-8-15-9-12-10/h8-9,11H,1-7H2. The van der Waals surface area contributed by atoms with Crippen molar-refractivity contribution in [1.29, 1.82) is 0 Å². The Labute approximate surface area is 94.3 Å². The minimum Gasteiger partial charge on any atom is -0.379 e. The smallest absolute Gasteiger partial charge is 0.0795 e. The fourth-order valence-electron chi connectivity index (χ4n) is 1.60. The summed E-state index contributed by atoms with van der Waals surface area (Å²) in [4.78, 5) is 6.65. The third kappa shape index (κ3) is 3.87. The summed E-state index contributed by atoms with van der Waals surface area (Å²) in [6.07, 6.45) is 0. The van der Waals surface area contributed by atoms with Gasteiger partial charge in [0.15, 0.2) is 0 Å². The van der Waals surface area contributed by atoms with Gasteiger partial charge in [0.25, 0.3) is 0 Å². The Hall–Kier alpha value is -0.490. The van der Waals surface area contributed by atoms with Gasteiger partial charge in [0.1, 0.15) is 0 Å². The fourth-order valence-corrected chi connectivity index (χ4v) is 2.16. The Kier molecular flexibility index (Phi) is 4.53. The zero-order valence-corrected chi connectivity index (χ0v) is 9.63. The average Bonchev–Trinajstić information content (AvgIpc) is 2.79. The van der Waals surface area contributed by atoms with E-state index in [0.29, 0.717) is 0 Å². The Bertz CT molecular complexity index is 260. The molecule has 0 bridgehead atoms. The van der Waals surface area contributed by atoms with Crippen molar-refractivity contribution in [2.75, 3.05) is 39.4 Å².